The summed E-state index contributed by atoms with van der Waals surface area (Å²) in [6, 6.07) is 4.79. The summed E-state index contributed by atoms with van der Waals surface area (Å²) in [5.41, 5.74) is -1.01. The van der Waals surface area contributed by atoms with E-state index in [1.807, 2.05) is 0 Å². The first-order valence-electron chi connectivity index (χ1n) is 6.22. The summed E-state index contributed by atoms with van der Waals surface area (Å²) in [5, 5.41) is 21.6. The van der Waals surface area contributed by atoms with Gasteiger partial charge in [0.1, 0.15) is 6.26 Å². The molecule has 0 saturated carbocycles. The van der Waals surface area contributed by atoms with E-state index in [0.29, 0.717) is 0 Å². The molecular formula is C12H8N6O5. The van der Waals surface area contributed by atoms with Gasteiger partial charge in [-0.25, -0.2) is 4.79 Å². The lowest BCUT2D eigenvalue weighted by molar-refractivity contribution is -0.384. The summed E-state index contributed by atoms with van der Waals surface area (Å²) in [4.78, 5) is 34.7. The minimum Gasteiger partial charge on any atom is -0.364 e. The average molecular weight is 316 g/mol. The number of aryl methyl sites for hydroxylation is 1. The van der Waals surface area contributed by atoms with Crippen LogP contribution in [0.15, 0.2) is 39.8 Å². The minimum absolute atomic E-state index is 0.00274. The predicted molar refractivity (Wildman–Crippen MR) is 73.2 cm³/mol. The van der Waals surface area contributed by atoms with Gasteiger partial charge in [-0.05, 0) is 16.5 Å². The zero-order valence-electron chi connectivity index (χ0n) is 11.6. The van der Waals surface area contributed by atoms with Crippen LogP contribution in [0.25, 0.3) is 5.69 Å². The van der Waals surface area contributed by atoms with E-state index in [9.17, 15) is 19.7 Å². The van der Waals surface area contributed by atoms with Crippen molar-refractivity contribution in [2.75, 3.05) is 0 Å². The number of benzene rings is 1. The Kier molecular flexibility index (Phi) is 3.29. The van der Waals surface area contributed by atoms with E-state index in [2.05, 4.69) is 20.1 Å². The highest BCUT2D eigenvalue weighted by Gasteiger charge is 2.22. The number of ketones is 1. The van der Waals surface area contributed by atoms with Crippen molar-refractivity contribution < 1.29 is 14.2 Å². The molecular weight excluding hydrogens is 308 g/mol. The van der Waals surface area contributed by atoms with Crippen molar-refractivity contribution in [3.63, 3.8) is 0 Å². The third-order valence-corrected chi connectivity index (χ3v) is 3.06. The lowest BCUT2D eigenvalue weighted by atomic mass is 10.1. The molecule has 0 saturated heterocycles. The van der Waals surface area contributed by atoms with E-state index < -0.39 is 16.4 Å². The van der Waals surface area contributed by atoms with Gasteiger partial charge >= 0.3 is 5.69 Å². The molecule has 0 radical (unpaired) electrons. The summed E-state index contributed by atoms with van der Waals surface area (Å²) in [5.74, 6) is -0.568. The molecule has 11 heteroatoms. The fraction of sp³-hybridized carbons (Fsp3) is 0.0833. The highest BCUT2D eigenvalue weighted by atomic mass is 16.6. The van der Waals surface area contributed by atoms with Crippen LogP contribution < -0.4 is 5.69 Å². The second-order valence-corrected chi connectivity index (χ2v) is 4.47. The zero-order chi connectivity index (χ0) is 16.6. The molecule has 3 rings (SSSR count). The van der Waals surface area contributed by atoms with E-state index in [1.54, 1.807) is 0 Å². The van der Waals surface area contributed by atoms with Crippen LogP contribution in [0.4, 0.5) is 5.69 Å². The molecule has 2 aromatic heterocycles. The van der Waals surface area contributed by atoms with Crippen molar-refractivity contribution in [3.8, 4) is 5.69 Å². The summed E-state index contributed by atoms with van der Waals surface area (Å²) >= 11 is 0. The molecule has 0 N–H and O–H groups in total. The monoisotopic (exact) mass is 316 g/mol. The number of carbonyl (C=O) groups is 1. The minimum atomic E-state index is -0.653. The fourth-order valence-corrected chi connectivity index (χ4v) is 1.93. The first kappa shape index (κ1) is 14.3. The van der Waals surface area contributed by atoms with E-state index in [4.69, 9.17) is 0 Å². The van der Waals surface area contributed by atoms with Crippen LogP contribution in [0.1, 0.15) is 16.1 Å². The van der Waals surface area contributed by atoms with E-state index in [0.717, 1.165) is 21.5 Å². The van der Waals surface area contributed by atoms with Gasteiger partial charge in [0.2, 0.25) is 5.78 Å². The first-order valence-corrected chi connectivity index (χ1v) is 6.22. The van der Waals surface area contributed by atoms with Gasteiger partial charge in [0.25, 0.3) is 5.69 Å². The Bertz CT molecular complexity index is 955. The van der Waals surface area contributed by atoms with Crippen LogP contribution in [0.5, 0.6) is 0 Å². The normalized spacial score (nSPS) is 10.7. The topological polar surface area (TPSA) is 139 Å². The molecule has 0 aliphatic carbocycles. The molecule has 0 spiro atoms. The van der Waals surface area contributed by atoms with Gasteiger partial charge in [0.05, 0.1) is 16.2 Å². The van der Waals surface area contributed by atoms with Gasteiger partial charge in [-0.15, -0.1) is 0 Å². The van der Waals surface area contributed by atoms with Crippen LogP contribution >= 0.6 is 0 Å². The van der Waals surface area contributed by atoms with Crippen LogP contribution in [0.3, 0.4) is 0 Å². The van der Waals surface area contributed by atoms with Gasteiger partial charge in [-0.1, -0.05) is 5.16 Å². The Morgan fingerprint density at radius 1 is 1.30 bits per heavy atom. The molecule has 3 aromatic rings. The maximum absolute atomic E-state index is 12.4. The van der Waals surface area contributed by atoms with Crippen molar-refractivity contribution in [2.24, 2.45) is 7.05 Å². The molecule has 0 fully saturated rings. The molecule has 0 atom stereocenters. The summed E-state index contributed by atoms with van der Waals surface area (Å²) in [6.45, 7) is 0. The number of hydrogen-bond acceptors (Lipinski definition) is 8. The Labute approximate surface area is 126 Å². The maximum atomic E-state index is 12.4. The van der Waals surface area contributed by atoms with Crippen molar-refractivity contribution in [2.45, 2.75) is 0 Å². The van der Waals surface area contributed by atoms with Gasteiger partial charge in [0, 0.05) is 25.2 Å². The summed E-state index contributed by atoms with van der Waals surface area (Å²) < 4.78 is 6.35. The number of aromatic nitrogens is 5. The Morgan fingerprint density at radius 3 is 2.65 bits per heavy atom. The lowest BCUT2D eigenvalue weighted by Crippen LogP contribution is -2.23. The van der Waals surface area contributed by atoms with Crippen LogP contribution in [0.2, 0.25) is 0 Å². The number of carbonyl (C=O) groups excluding carboxylic acids is 1. The molecule has 0 aliphatic heterocycles. The number of nitro benzene ring substituents is 1. The lowest BCUT2D eigenvalue weighted by Gasteiger charge is -2.05. The van der Waals surface area contributed by atoms with E-state index >= 15 is 0 Å². The zero-order valence-corrected chi connectivity index (χ0v) is 11.6. The highest BCUT2D eigenvalue weighted by molar-refractivity contribution is 6.10. The molecule has 11 nitrogen and oxygen atoms in total. The third kappa shape index (κ3) is 2.39. The molecule has 0 amide bonds. The van der Waals surface area contributed by atoms with Gasteiger partial charge < -0.3 is 4.52 Å². The second kappa shape index (κ2) is 5.29. The molecule has 0 aliphatic rings. The van der Waals surface area contributed by atoms with Crippen LogP contribution in [-0.2, 0) is 7.05 Å². The first-order chi connectivity index (χ1) is 11.0. The average Bonchev–Trinajstić information content (AvgIpc) is 3.17. The van der Waals surface area contributed by atoms with Crippen LogP contribution in [0, 0.1) is 10.1 Å². The smallest absolute Gasteiger partial charge is 0.364 e. The standard InChI is InChI=1S/C12H8N6O5/c1-16-12(20)17(15-14-16)10-6-7(18(21)22)2-3-8(10)11(19)9-4-5-23-13-9/h2-6H,1H3. The molecule has 0 bridgehead atoms. The fourth-order valence-electron chi connectivity index (χ4n) is 1.93. The Hall–Kier alpha value is -3.63. The number of non-ortho nitro benzene ring substituents is 1. The number of nitrogens with zero attached hydrogens (tertiary/aromatic N) is 6. The molecule has 1 aromatic carbocycles. The van der Waals surface area contributed by atoms with Crippen molar-refractivity contribution in [1.82, 2.24) is 24.9 Å². The maximum Gasteiger partial charge on any atom is 0.368 e. The quantitative estimate of drug-likeness (QED) is 0.375. The van der Waals surface area contributed by atoms with Gasteiger partial charge in [-0.3, -0.25) is 14.9 Å². The predicted octanol–water partition coefficient (Wildman–Crippen LogP) is 0.0932. The summed E-state index contributed by atoms with van der Waals surface area (Å²) in [7, 11) is 1.36. The Morgan fingerprint density at radius 2 is 2.09 bits per heavy atom. The van der Waals surface area contributed by atoms with E-state index in [-0.39, 0.29) is 22.6 Å². The molecule has 116 valence electrons. The van der Waals surface area contributed by atoms with Crippen molar-refractivity contribution >= 4 is 11.5 Å². The SMILES string of the molecule is Cn1nnn(-c2cc([N+](=O)[O-])ccc2C(=O)c2ccon2)c1=O. The highest BCUT2D eigenvalue weighted by Crippen LogP contribution is 2.22. The molecule has 23 heavy (non-hydrogen) atoms. The summed E-state index contributed by atoms with van der Waals surface area (Å²) in [6.07, 6.45) is 1.22. The number of hydrogen-bond donors (Lipinski definition) is 0. The largest absolute Gasteiger partial charge is 0.368 e. The molecule has 2 heterocycles. The van der Waals surface area contributed by atoms with E-state index in [1.165, 1.54) is 25.4 Å². The Balaban J connectivity index is 2.24. The van der Waals surface area contributed by atoms with Crippen molar-refractivity contribution in [1.29, 1.82) is 0 Å². The molecule has 0 unspecified atom stereocenters. The number of rotatable bonds is 4. The third-order valence-electron chi connectivity index (χ3n) is 3.06. The number of nitro groups is 1. The number of tetrazole rings is 1. The second-order valence-electron chi connectivity index (χ2n) is 4.47. The van der Waals surface area contributed by atoms with Gasteiger partial charge in [-0.2, -0.15) is 9.36 Å². The van der Waals surface area contributed by atoms with Gasteiger partial charge in [0.15, 0.2) is 5.69 Å². The van der Waals surface area contributed by atoms with Crippen molar-refractivity contribution in [3.05, 3.63) is 62.4 Å². The van der Waals surface area contributed by atoms with Crippen LogP contribution in [-0.4, -0.2) is 35.7 Å².